The van der Waals surface area contributed by atoms with Crippen molar-refractivity contribution < 1.29 is 14.7 Å². The highest BCUT2D eigenvalue weighted by molar-refractivity contribution is 5.90. The van der Waals surface area contributed by atoms with Gasteiger partial charge in [0.25, 0.3) is 0 Å². The molecular weight excluding hydrogens is 248 g/mol. The Kier molecular flexibility index (Phi) is 4.91. The number of anilines is 1. The molecular formula is C12H20N4O3. The zero-order valence-electron chi connectivity index (χ0n) is 11.7. The van der Waals surface area contributed by atoms with Crippen LogP contribution in [0, 0.1) is 12.8 Å². The Morgan fingerprint density at radius 1 is 1.53 bits per heavy atom. The van der Waals surface area contributed by atoms with Crippen molar-refractivity contribution in [2.45, 2.75) is 20.8 Å². The van der Waals surface area contributed by atoms with Gasteiger partial charge >= 0.3 is 12.0 Å². The normalized spacial score (nSPS) is 10.6. The van der Waals surface area contributed by atoms with Gasteiger partial charge < -0.3 is 10.0 Å². The van der Waals surface area contributed by atoms with E-state index in [0.29, 0.717) is 12.4 Å². The number of hydrogen-bond donors (Lipinski definition) is 2. The van der Waals surface area contributed by atoms with Crippen molar-refractivity contribution in [1.29, 1.82) is 0 Å². The number of carboxylic acids is 1. The van der Waals surface area contributed by atoms with Crippen LogP contribution >= 0.6 is 0 Å². The Hall–Kier alpha value is -2.05. The van der Waals surface area contributed by atoms with E-state index in [1.807, 2.05) is 20.8 Å². The molecule has 0 fully saturated rings. The van der Waals surface area contributed by atoms with Crippen LogP contribution in [0.2, 0.25) is 0 Å². The summed E-state index contributed by atoms with van der Waals surface area (Å²) in [4.78, 5) is 24.0. The van der Waals surface area contributed by atoms with Crippen molar-refractivity contribution in [1.82, 2.24) is 14.7 Å². The fraction of sp³-hybridized carbons (Fsp3) is 0.583. The predicted octanol–water partition coefficient (Wildman–Crippen LogP) is 1.30. The van der Waals surface area contributed by atoms with Crippen LogP contribution in [0.1, 0.15) is 19.5 Å². The number of nitrogens with zero attached hydrogens (tertiary/aromatic N) is 3. The van der Waals surface area contributed by atoms with Crippen LogP contribution in [0.15, 0.2) is 6.07 Å². The van der Waals surface area contributed by atoms with Crippen LogP contribution in [-0.4, -0.2) is 44.9 Å². The average Bonchev–Trinajstić information content (AvgIpc) is 2.55. The van der Waals surface area contributed by atoms with Gasteiger partial charge in [-0.2, -0.15) is 5.10 Å². The number of urea groups is 1. The zero-order chi connectivity index (χ0) is 14.6. The van der Waals surface area contributed by atoms with Gasteiger partial charge in [0.1, 0.15) is 6.54 Å². The Morgan fingerprint density at radius 3 is 2.58 bits per heavy atom. The smallest absolute Gasteiger partial charge is 0.323 e. The fourth-order valence-corrected chi connectivity index (χ4v) is 1.63. The number of nitrogens with one attached hydrogen (secondary N) is 1. The van der Waals surface area contributed by atoms with Crippen molar-refractivity contribution in [3.8, 4) is 0 Å². The summed E-state index contributed by atoms with van der Waals surface area (Å²) in [6.07, 6.45) is 0. The predicted molar refractivity (Wildman–Crippen MR) is 71.0 cm³/mol. The number of aromatic nitrogens is 2. The lowest BCUT2D eigenvalue weighted by atomic mass is 10.2. The molecule has 1 heterocycles. The molecule has 2 N–H and O–H groups in total. The van der Waals surface area contributed by atoms with E-state index in [1.165, 1.54) is 4.90 Å². The highest BCUT2D eigenvalue weighted by Crippen LogP contribution is 2.09. The van der Waals surface area contributed by atoms with Crippen LogP contribution in [0.4, 0.5) is 10.6 Å². The largest absolute Gasteiger partial charge is 0.480 e. The topological polar surface area (TPSA) is 87.5 Å². The summed E-state index contributed by atoms with van der Waals surface area (Å²) < 4.78 is 1.64. The molecule has 1 rings (SSSR count). The van der Waals surface area contributed by atoms with Gasteiger partial charge in [0.2, 0.25) is 0 Å². The molecule has 0 aliphatic carbocycles. The molecule has 1 aromatic rings. The molecule has 0 saturated heterocycles. The maximum Gasteiger partial charge on any atom is 0.323 e. The molecule has 1 aromatic heterocycles. The fourth-order valence-electron chi connectivity index (χ4n) is 1.63. The molecule has 0 aliphatic rings. The van der Waals surface area contributed by atoms with Gasteiger partial charge in [-0.3, -0.25) is 14.8 Å². The number of rotatable bonds is 5. The van der Waals surface area contributed by atoms with E-state index in [4.69, 9.17) is 5.11 Å². The van der Waals surface area contributed by atoms with E-state index in [1.54, 1.807) is 17.8 Å². The standard InChI is InChI=1S/C12H20N4O3/c1-8(2)6-16(7-11(17)18)12(19)13-10-5-9(3)15(4)14-10/h5,8H,6-7H2,1-4H3,(H,17,18)(H,13,14,19). The van der Waals surface area contributed by atoms with Gasteiger partial charge in [-0.1, -0.05) is 13.8 Å². The lowest BCUT2D eigenvalue weighted by Crippen LogP contribution is -2.41. The summed E-state index contributed by atoms with van der Waals surface area (Å²) in [5.74, 6) is -0.423. The molecule has 7 heteroatoms. The quantitative estimate of drug-likeness (QED) is 0.842. The molecule has 0 unspecified atom stereocenters. The molecule has 0 radical (unpaired) electrons. The van der Waals surface area contributed by atoms with Crippen LogP contribution in [0.3, 0.4) is 0 Å². The number of carbonyl (C=O) groups is 2. The number of amides is 2. The molecule has 19 heavy (non-hydrogen) atoms. The number of carboxylic acid groups (broad SMARTS) is 1. The van der Waals surface area contributed by atoms with Crippen molar-refractivity contribution in [2.24, 2.45) is 13.0 Å². The van der Waals surface area contributed by atoms with Gasteiger partial charge in [-0.05, 0) is 12.8 Å². The summed E-state index contributed by atoms with van der Waals surface area (Å²) in [5.41, 5.74) is 0.906. The molecule has 0 aromatic carbocycles. The maximum atomic E-state index is 12.0. The summed E-state index contributed by atoms with van der Waals surface area (Å²) in [5, 5.41) is 15.5. The van der Waals surface area contributed by atoms with Crippen molar-refractivity contribution in [2.75, 3.05) is 18.4 Å². The lowest BCUT2D eigenvalue weighted by molar-refractivity contribution is -0.137. The van der Waals surface area contributed by atoms with E-state index < -0.39 is 12.0 Å². The van der Waals surface area contributed by atoms with E-state index in [9.17, 15) is 9.59 Å². The summed E-state index contributed by atoms with van der Waals surface area (Å²) in [7, 11) is 1.77. The molecule has 0 spiro atoms. The van der Waals surface area contributed by atoms with Crippen molar-refractivity contribution in [3.05, 3.63) is 11.8 Å². The average molecular weight is 268 g/mol. The molecule has 2 amide bonds. The van der Waals surface area contributed by atoms with Gasteiger partial charge in [-0.25, -0.2) is 4.79 Å². The third-order valence-corrected chi connectivity index (χ3v) is 2.55. The zero-order valence-corrected chi connectivity index (χ0v) is 11.7. The monoisotopic (exact) mass is 268 g/mol. The van der Waals surface area contributed by atoms with Crippen LogP contribution < -0.4 is 5.32 Å². The molecule has 106 valence electrons. The summed E-state index contributed by atoms with van der Waals surface area (Å²) in [6, 6.07) is 1.28. The minimum atomic E-state index is -1.03. The number of carbonyl (C=O) groups excluding carboxylic acids is 1. The first kappa shape index (κ1) is 15.0. The lowest BCUT2D eigenvalue weighted by Gasteiger charge is -2.22. The highest BCUT2D eigenvalue weighted by Gasteiger charge is 2.18. The second-order valence-electron chi connectivity index (χ2n) is 4.89. The van der Waals surface area contributed by atoms with Crippen molar-refractivity contribution >= 4 is 17.8 Å². The highest BCUT2D eigenvalue weighted by atomic mass is 16.4. The minimum Gasteiger partial charge on any atom is -0.480 e. The summed E-state index contributed by atoms with van der Waals surface area (Å²) in [6.45, 7) is 5.77. The molecule has 0 bridgehead atoms. The van der Waals surface area contributed by atoms with Crippen LogP contribution in [0.25, 0.3) is 0 Å². The Bertz CT molecular complexity index is 448. The molecule has 0 aliphatic heterocycles. The molecule has 0 saturated carbocycles. The first-order valence-electron chi connectivity index (χ1n) is 6.08. The van der Waals surface area contributed by atoms with Crippen LogP contribution in [0.5, 0.6) is 0 Å². The van der Waals surface area contributed by atoms with E-state index in [2.05, 4.69) is 10.4 Å². The van der Waals surface area contributed by atoms with Gasteiger partial charge in [0.15, 0.2) is 5.82 Å². The van der Waals surface area contributed by atoms with Crippen LogP contribution in [-0.2, 0) is 11.8 Å². The summed E-state index contributed by atoms with van der Waals surface area (Å²) >= 11 is 0. The Balaban J connectivity index is 2.73. The van der Waals surface area contributed by atoms with Gasteiger partial charge in [0.05, 0.1) is 0 Å². The third kappa shape index (κ3) is 4.61. The SMILES string of the molecule is Cc1cc(NC(=O)N(CC(=O)O)CC(C)C)nn1C. The molecule has 7 nitrogen and oxygen atoms in total. The molecule has 0 atom stereocenters. The second-order valence-corrected chi connectivity index (χ2v) is 4.89. The van der Waals surface area contributed by atoms with Gasteiger partial charge in [0, 0.05) is 25.4 Å². The van der Waals surface area contributed by atoms with Gasteiger partial charge in [-0.15, -0.1) is 0 Å². The number of aliphatic carboxylic acids is 1. The van der Waals surface area contributed by atoms with E-state index >= 15 is 0 Å². The third-order valence-electron chi connectivity index (χ3n) is 2.55. The first-order valence-corrected chi connectivity index (χ1v) is 6.08. The number of hydrogen-bond acceptors (Lipinski definition) is 3. The minimum absolute atomic E-state index is 0.190. The van der Waals surface area contributed by atoms with Crippen molar-refractivity contribution in [3.63, 3.8) is 0 Å². The first-order chi connectivity index (χ1) is 8.79. The Labute approximate surface area is 112 Å². The van der Waals surface area contributed by atoms with E-state index in [0.717, 1.165) is 5.69 Å². The Morgan fingerprint density at radius 2 is 2.16 bits per heavy atom. The second kappa shape index (κ2) is 6.21. The maximum absolute atomic E-state index is 12.0. The number of aryl methyl sites for hydroxylation is 2. The van der Waals surface area contributed by atoms with E-state index in [-0.39, 0.29) is 12.5 Å².